The molecule has 0 bridgehead atoms. The van der Waals surface area contributed by atoms with Crippen molar-refractivity contribution in [3.63, 3.8) is 0 Å². The van der Waals surface area contributed by atoms with Crippen molar-refractivity contribution in [2.24, 2.45) is 11.8 Å². The van der Waals surface area contributed by atoms with E-state index in [1.807, 2.05) is 13.8 Å². The van der Waals surface area contributed by atoms with Crippen molar-refractivity contribution < 1.29 is 42.1 Å². The van der Waals surface area contributed by atoms with Crippen LogP contribution in [0.25, 0.3) is 0 Å². The standard InChI is InChI=1S/C33H50F3N3O6/c1-22-19-39(23(2)21-40)32(43)27-18-26(37-30(41)15-16-33(34,35)36)13-14-28(27)45-24(3)10-8-9-17-44-29(22)20-38(4)31(42)25-11-6-5-7-12-25/h13-14,18,22-25,29,40H,5-12,15-17,19-21H2,1-4H3,(H,37,41)/t22-,23+,24+,29-/m0/s1. The molecule has 45 heavy (non-hydrogen) atoms. The Labute approximate surface area is 264 Å². The fourth-order valence-corrected chi connectivity index (χ4v) is 5.96. The number of halogens is 3. The van der Waals surface area contributed by atoms with Crippen LogP contribution >= 0.6 is 0 Å². The quantitative estimate of drug-likeness (QED) is 0.372. The number of nitrogens with zero attached hydrogens (tertiary/aromatic N) is 2. The Balaban J connectivity index is 1.88. The van der Waals surface area contributed by atoms with Gasteiger partial charge < -0.3 is 29.7 Å². The molecule has 2 aliphatic rings. The highest BCUT2D eigenvalue weighted by Crippen LogP contribution is 2.30. The molecule has 12 heteroatoms. The Morgan fingerprint density at radius 3 is 2.47 bits per heavy atom. The summed E-state index contributed by atoms with van der Waals surface area (Å²) in [6, 6.07) is 3.86. The molecular formula is C33H50F3N3O6. The van der Waals surface area contributed by atoms with E-state index in [0.717, 1.165) is 44.9 Å². The van der Waals surface area contributed by atoms with Crippen LogP contribution in [0, 0.1) is 11.8 Å². The number of ether oxygens (including phenoxy) is 2. The first kappa shape index (κ1) is 36.6. The lowest BCUT2D eigenvalue weighted by Gasteiger charge is -2.36. The molecule has 1 aliphatic carbocycles. The summed E-state index contributed by atoms with van der Waals surface area (Å²) >= 11 is 0. The first-order valence-electron chi connectivity index (χ1n) is 16.2. The summed E-state index contributed by atoms with van der Waals surface area (Å²) < 4.78 is 50.5. The third-order valence-electron chi connectivity index (χ3n) is 8.76. The zero-order chi connectivity index (χ0) is 33.1. The number of nitrogens with one attached hydrogen (secondary N) is 1. The van der Waals surface area contributed by atoms with Gasteiger partial charge in [0.05, 0.1) is 36.8 Å². The summed E-state index contributed by atoms with van der Waals surface area (Å²) in [6.07, 6.45) is 0.238. The number of anilines is 1. The zero-order valence-electron chi connectivity index (χ0n) is 27.0. The topological polar surface area (TPSA) is 108 Å². The van der Waals surface area contributed by atoms with E-state index in [0.29, 0.717) is 19.6 Å². The first-order valence-corrected chi connectivity index (χ1v) is 16.2. The molecule has 9 nitrogen and oxygen atoms in total. The number of aliphatic hydroxyl groups excluding tert-OH is 1. The van der Waals surface area contributed by atoms with Crippen molar-refractivity contribution in [1.82, 2.24) is 9.80 Å². The number of hydrogen-bond donors (Lipinski definition) is 2. The number of alkyl halides is 3. The number of fused-ring (bicyclic) bond motifs is 1. The second-order valence-electron chi connectivity index (χ2n) is 12.7. The molecule has 3 amide bonds. The van der Waals surface area contributed by atoms with Crippen LogP contribution in [0.3, 0.4) is 0 Å². The molecular weight excluding hydrogens is 591 g/mol. The van der Waals surface area contributed by atoms with Crippen LogP contribution in [0.1, 0.15) is 95.3 Å². The molecule has 0 radical (unpaired) electrons. The monoisotopic (exact) mass is 641 g/mol. The molecule has 1 aromatic rings. The molecule has 1 saturated carbocycles. The fraction of sp³-hybridized carbons (Fsp3) is 0.727. The average molecular weight is 642 g/mol. The molecule has 4 atom stereocenters. The van der Waals surface area contributed by atoms with Crippen LogP contribution in [0.4, 0.5) is 18.9 Å². The smallest absolute Gasteiger partial charge is 0.389 e. The van der Waals surface area contributed by atoms with Gasteiger partial charge >= 0.3 is 6.18 Å². The molecule has 0 saturated heterocycles. The van der Waals surface area contributed by atoms with E-state index in [1.165, 1.54) is 23.1 Å². The van der Waals surface area contributed by atoms with Crippen LogP contribution in [0.5, 0.6) is 5.75 Å². The molecule has 0 aromatic heterocycles. The number of benzene rings is 1. The number of rotatable bonds is 8. The van der Waals surface area contributed by atoms with Crippen molar-refractivity contribution in [3.05, 3.63) is 23.8 Å². The number of carbonyl (C=O) groups excluding carboxylic acids is 3. The van der Waals surface area contributed by atoms with Gasteiger partial charge in [-0.2, -0.15) is 13.2 Å². The number of amides is 3. The highest BCUT2D eigenvalue weighted by atomic mass is 19.4. The average Bonchev–Trinajstić information content (AvgIpc) is 3.01. The predicted octanol–water partition coefficient (Wildman–Crippen LogP) is 5.80. The van der Waals surface area contributed by atoms with E-state index < -0.39 is 36.9 Å². The van der Waals surface area contributed by atoms with Crippen molar-refractivity contribution in [2.75, 3.05) is 38.7 Å². The van der Waals surface area contributed by atoms with Crippen molar-refractivity contribution in [1.29, 1.82) is 0 Å². The van der Waals surface area contributed by atoms with Gasteiger partial charge in [-0.15, -0.1) is 0 Å². The first-order chi connectivity index (χ1) is 21.3. The third-order valence-corrected chi connectivity index (χ3v) is 8.76. The van der Waals surface area contributed by atoms with Gasteiger partial charge in [0.15, 0.2) is 0 Å². The maximum Gasteiger partial charge on any atom is 0.389 e. The Kier molecular flexibility index (Phi) is 14.0. The number of carbonyl (C=O) groups is 3. The van der Waals surface area contributed by atoms with Crippen molar-refractivity contribution in [3.8, 4) is 5.75 Å². The lowest BCUT2D eigenvalue weighted by molar-refractivity contribution is -0.142. The molecule has 0 spiro atoms. The maximum atomic E-state index is 14.2. The van der Waals surface area contributed by atoms with Gasteiger partial charge in [0, 0.05) is 50.7 Å². The van der Waals surface area contributed by atoms with Crippen molar-refractivity contribution in [2.45, 2.75) is 109 Å². The summed E-state index contributed by atoms with van der Waals surface area (Å²) in [5.74, 6) is -1.08. The second-order valence-corrected chi connectivity index (χ2v) is 12.7. The van der Waals surface area contributed by atoms with Crippen LogP contribution in [0.15, 0.2) is 18.2 Å². The Hall–Kier alpha value is -2.86. The summed E-state index contributed by atoms with van der Waals surface area (Å²) in [7, 11) is 1.80. The van der Waals surface area contributed by atoms with Crippen LogP contribution in [-0.2, 0) is 14.3 Å². The number of hydrogen-bond acceptors (Lipinski definition) is 6. The fourth-order valence-electron chi connectivity index (χ4n) is 5.96. The Morgan fingerprint density at radius 1 is 1.11 bits per heavy atom. The third kappa shape index (κ3) is 11.5. The van der Waals surface area contributed by atoms with Gasteiger partial charge in [0.25, 0.3) is 5.91 Å². The van der Waals surface area contributed by atoms with Gasteiger partial charge in [-0.1, -0.05) is 26.2 Å². The molecule has 254 valence electrons. The highest BCUT2D eigenvalue weighted by molar-refractivity contribution is 5.99. The SMILES string of the molecule is C[C@@H]1CCCCO[C@@H](CN(C)C(=O)C2CCCCC2)[C@@H](C)CN([C@H](C)CO)C(=O)c2cc(NC(=O)CCC(F)(F)F)ccc2O1. The van der Waals surface area contributed by atoms with Crippen LogP contribution < -0.4 is 10.1 Å². The Bertz CT molecular complexity index is 1130. The summed E-state index contributed by atoms with van der Waals surface area (Å²) in [5, 5.41) is 12.6. The van der Waals surface area contributed by atoms with E-state index in [9.17, 15) is 32.7 Å². The lowest BCUT2D eigenvalue weighted by Crippen LogP contribution is -2.48. The minimum absolute atomic E-state index is 0.0196. The van der Waals surface area contributed by atoms with E-state index in [-0.39, 0.29) is 60.1 Å². The maximum absolute atomic E-state index is 14.2. The number of likely N-dealkylation sites (N-methyl/N-ethyl adjacent to an activating group) is 1. The Morgan fingerprint density at radius 2 is 1.80 bits per heavy atom. The predicted molar refractivity (Wildman–Crippen MR) is 165 cm³/mol. The summed E-state index contributed by atoms with van der Waals surface area (Å²) in [4.78, 5) is 43.0. The largest absolute Gasteiger partial charge is 0.490 e. The van der Waals surface area contributed by atoms with E-state index >= 15 is 0 Å². The molecule has 1 heterocycles. The molecule has 0 unspecified atom stereocenters. The van der Waals surface area contributed by atoms with Crippen molar-refractivity contribution >= 4 is 23.4 Å². The second kappa shape index (κ2) is 17.2. The molecule has 3 rings (SSSR count). The highest BCUT2D eigenvalue weighted by Gasteiger charge is 2.33. The van der Waals surface area contributed by atoms with Gasteiger partial charge in [0.2, 0.25) is 11.8 Å². The van der Waals surface area contributed by atoms with E-state index in [1.54, 1.807) is 18.9 Å². The van der Waals surface area contributed by atoms with Crippen LogP contribution in [-0.4, -0.2) is 90.4 Å². The zero-order valence-corrected chi connectivity index (χ0v) is 27.0. The van der Waals surface area contributed by atoms with E-state index in [2.05, 4.69) is 5.32 Å². The van der Waals surface area contributed by atoms with Gasteiger partial charge in [-0.25, -0.2) is 0 Å². The minimum Gasteiger partial charge on any atom is -0.490 e. The normalized spacial score (nSPS) is 23.3. The summed E-state index contributed by atoms with van der Waals surface area (Å²) in [6.45, 7) is 6.31. The molecule has 1 fully saturated rings. The van der Waals surface area contributed by atoms with Crippen LogP contribution in [0.2, 0.25) is 0 Å². The molecule has 1 aromatic carbocycles. The number of aliphatic hydroxyl groups is 1. The molecule has 2 N–H and O–H groups in total. The van der Waals surface area contributed by atoms with E-state index in [4.69, 9.17) is 9.47 Å². The van der Waals surface area contributed by atoms with Gasteiger partial charge in [-0.05, 0) is 64.2 Å². The summed E-state index contributed by atoms with van der Waals surface area (Å²) in [5.41, 5.74) is 0.294. The van der Waals surface area contributed by atoms with Gasteiger partial charge in [-0.3, -0.25) is 14.4 Å². The molecule has 1 aliphatic heterocycles. The lowest BCUT2D eigenvalue weighted by atomic mass is 9.88. The van der Waals surface area contributed by atoms with Gasteiger partial charge in [0.1, 0.15) is 5.75 Å². The minimum atomic E-state index is -4.47.